The Labute approximate surface area is 244 Å². The number of nitrogens with one attached hydrogen (secondary N) is 1. The molecule has 0 heterocycles. The Morgan fingerprint density at radius 3 is 1.67 bits per heavy atom. The Morgan fingerprint density at radius 2 is 1.18 bits per heavy atom. The molecule has 0 saturated heterocycles. The van der Waals surface area contributed by atoms with Crippen LogP contribution in [0.3, 0.4) is 0 Å². The summed E-state index contributed by atoms with van der Waals surface area (Å²) in [6, 6.07) is 0. The van der Waals surface area contributed by atoms with Gasteiger partial charge in [-0.2, -0.15) is 0 Å². The predicted molar refractivity (Wildman–Crippen MR) is 168 cm³/mol. The molecule has 0 fully saturated rings. The lowest BCUT2D eigenvalue weighted by molar-refractivity contribution is -0.0825. The molecule has 5 heteroatoms. The van der Waals surface area contributed by atoms with Gasteiger partial charge in [0.25, 0.3) is 0 Å². The molecule has 1 N–H and O–H groups in total. The maximum absolute atomic E-state index is 13.1. The van der Waals surface area contributed by atoms with Gasteiger partial charge in [-0.1, -0.05) is 72.1 Å². The van der Waals surface area contributed by atoms with Crippen LogP contribution in [-0.2, 0) is 14.2 Å². The zero-order chi connectivity index (χ0) is 30.0. The summed E-state index contributed by atoms with van der Waals surface area (Å²) in [6.07, 6.45) is 16.8. The first-order valence-corrected chi connectivity index (χ1v) is 16.3. The van der Waals surface area contributed by atoms with Gasteiger partial charge in [0, 0.05) is 5.54 Å². The summed E-state index contributed by atoms with van der Waals surface area (Å²) in [5.74, 6) is 0.456. The van der Waals surface area contributed by atoms with Gasteiger partial charge in [-0.25, -0.2) is 4.79 Å². The van der Waals surface area contributed by atoms with Crippen molar-refractivity contribution in [3.63, 3.8) is 0 Å². The van der Waals surface area contributed by atoms with Gasteiger partial charge in [-0.05, 0) is 106 Å². The number of alkyl carbamates (subject to hydrolysis) is 1. The van der Waals surface area contributed by atoms with Crippen LogP contribution in [0.4, 0.5) is 4.79 Å². The number of hydrogen-bond acceptors (Lipinski definition) is 4. The number of unbranched alkanes of at least 4 members (excludes halogenated alkanes) is 8. The van der Waals surface area contributed by atoms with Crippen molar-refractivity contribution in [1.29, 1.82) is 0 Å². The number of ether oxygens (including phenoxy) is 3. The molecule has 0 aliphatic rings. The van der Waals surface area contributed by atoms with Crippen molar-refractivity contribution in [2.45, 2.75) is 195 Å². The van der Waals surface area contributed by atoms with Gasteiger partial charge in [-0.3, -0.25) is 0 Å². The van der Waals surface area contributed by atoms with Crippen LogP contribution in [-0.4, -0.2) is 41.6 Å². The van der Waals surface area contributed by atoms with Crippen LogP contribution in [0.25, 0.3) is 0 Å². The highest BCUT2D eigenvalue weighted by molar-refractivity contribution is 5.68. The van der Waals surface area contributed by atoms with E-state index >= 15 is 0 Å². The van der Waals surface area contributed by atoms with Crippen LogP contribution in [0.2, 0.25) is 0 Å². The van der Waals surface area contributed by atoms with Crippen molar-refractivity contribution < 1.29 is 19.0 Å². The largest absolute Gasteiger partial charge is 0.443 e. The van der Waals surface area contributed by atoms with E-state index in [-0.39, 0.29) is 28.4 Å². The summed E-state index contributed by atoms with van der Waals surface area (Å²) in [7, 11) is 0. The molecule has 0 aliphatic carbocycles. The van der Waals surface area contributed by atoms with Crippen molar-refractivity contribution >= 4 is 6.09 Å². The molecular formula is C34H69NO4. The molecule has 0 radical (unpaired) electrons. The molecule has 0 aliphatic heterocycles. The summed E-state index contributed by atoms with van der Waals surface area (Å²) in [5, 5.41) is 3.21. The number of carbonyl (C=O) groups excluding carboxylic acids is 1. The Kier molecular flexibility index (Phi) is 18.9. The van der Waals surface area contributed by atoms with E-state index in [4.69, 9.17) is 14.2 Å². The number of carbonyl (C=O) groups is 1. The third-order valence-electron chi connectivity index (χ3n) is 7.61. The average molecular weight is 556 g/mol. The van der Waals surface area contributed by atoms with E-state index in [0.29, 0.717) is 19.1 Å². The van der Waals surface area contributed by atoms with E-state index in [1.54, 1.807) is 0 Å². The van der Waals surface area contributed by atoms with Crippen molar-refractivity contribution in [3.8, 4) is 0 Å². The summed E-state index contributed by atoms with van der Waals surface area (Å²) < 4.78 is 18.1. The predicted octanol–water partition coefficient (Wildman–Crippen LogP) is 10.4. The standard InChI is InChI=1S/C34H69NO4/c1-12-14-16-18-20-23-34(11,24-21-19-17-15-13-2)39-30(36)35-32(7,8)28-29(3)22-25-33(9,10)38-27-26-37-31(4,5)6/h29H,12-28H2,1-11H3,(H,35,36). The third-order valence-corrected chi connectivity index (χ3v) is 7.61. The topological polar surface area (TPSA) is 56.8 Å². The molecule has 0 aromatic carbocycles. The molecule has 1 amide bonds. The highest BCUT2D eigenvalue weighted by atomic mass is 16.6. The van der Waals surface area contributed by atoms with Gasteiger partial charge >= 0.3 is 6.09 Å². The highest BCUT2D eigenvalue weighted by Crippen LogP contribution is 2.29. The average Bonchev–Trinajstić information content (AvgIpc) is 2.79. The molecule has 39 heavy (non-hydrogen) atoms. The Balaban J connectivity index is 4.74. The van der Waals surface area contributed by atoms with Crippen molar-refractivity contribution in [3.05, 3.63) is 0 Å². The lowest BCUT2D eigenvalue weighted by atomic mass is 9.86. The van der Waals surface area contributed by atoms with Crippen LogP contribution in [0.1, 0.15) is 172 Å². The molecular weight excluding hydrogens is 486 g/mol. The van der Waals surface area contributed by atoms with Gasteiger partial charge < -0.3 is 19.5 Å². The fraction of sp³-hybridized carbons (Fsp3) is 0.971. The first kappa shape index (κ1) is 38.2. The Hall–Kier alpha value is -0.810. The molecule has 1 atom stereocenters. The van der Waals surface area contributed by atoms with Crippen LogP contribution < -0.4 is 5.32 Å². The maximum Gasteiger partial charge on any atom is 0.408 e. The number of hydrogen-bond donors (Lipinski definition) is 1. The normalized spacial score (nSPS) is 13.9. The molecule has 234 valence electrons. The number of amides is 1. The molecule has 1 unspecified atom stereocenters. The highest BCUT2D eigenvalue weighted by Gasteiger charge is 2.31. The lowest BCUT2D eigenvalue weighted by Crippen LogP contribution is -2.47. The minimum absolute atomic E-state index is 0.136. The van der Waals surface area contributed by atoms with E-state index in [1.807, 2.05) is 0 Å². The van der Waals surface area contributed by atoms with Crippen molar-refractivity contribution in [2.75, 3.05) is 13.2 Å². The first-order chi connectivity index (χ1) is 18.0. The van der Waals surface area contributed by atoms with E-state index in [2.05, 4.69) is 81.5 Å². The van der Waals surface area contributed by atoms with Crippen LogP contribution >= 0.6 is 0 Å². The zero-order valence-electron chi connectivity index (χ0n) is 28.2. The SMILES string of the molecule is CCCCCCCC(C)(CCCCCCC)OC(=O)NC(C)(C)CC(C)CCC(C)(C)OCCOC(C)(C)C. The molecule has 0 spiro atoms. The molecule has 0 rings (SSSR count). The minimum atomic E-state index is -0.387. The maximum atomic E-state index is 13.1. The lowest BCUT2D eigenvalue weighted by Gasteiger charge is -2.34. The minimum Gasteiger partial charge on any atom is -0.443 e. The van der Waals surface area contributed by atoms with Gasteiger partial charge in [-0.15, -0.1) is 0 Å². The van der Waals surface area contributed by atoms with E-state index in [1.165, 1.54) is 51.4 Å². The van der Waals surface area contributed by atoms with Gasteiger partial charge in [0.05, 0.1) is 24.4 Å². The second-order valence-corrected chi connectivity index (χ2v) is 14.6. The van der Waals surface area contributed by atoms with Gasteiger partial charge in [0.1, 0.15) is 5.60 Å². The zero-order valence-corrected chi connectivity index (χ0v) is 28.2. The van der Waals surface area contributed by atoms with Crippen LogP contribution in [0.5, 0.6) is 0 Å². The molecule has 5 nitrogen and oxygen atoms in total. The van der Waals surface area contributed by atoms with Gasteiger partial charge in [0.15, 0.2) is 0 Å². The van der Waals surface area contributed by atoms with Gasteiger partial charge in [0.2, 0.25) is 0 Å². The van der Waals surface area contributed by atoms with E-state index in [0.717, 1.165) is 44.9 Å². The third kappa shape index (κ3) is 22.6. The van der Waals surface area contributed by atoms with Crippen molar-refractivity contribution in [1.82, 2.24) is 5.32 Å². The molecule has 0 aromatic heterocycles. The summed E-state index contributed by atoms with van der Waals surface area (Å²) in [4.78, 5) is 13.1. The Bertz CT molecular complexity index is 609. The smallest absolute Gasteiger partial charge is 0.408 e. The first-order valence-electron chi connectivity index (χ1n) is 16.3. The quantitative estimate of drug-likeness (QED) is 0.127. The van der Waals surface area contributed by atoms with E-state index in [9.17, 15) is 4.79 Å². The fourth-order valence-corrected chi connectivity index (χ4v) is 5.31. The summed E-state index contributed by atoms with van der Waals surface area (Å²) >= 11 is 0. The fourth-order valence-electron chi connectivity index (χ4n) is 5.31. The molecule has 0 saturated carbocycles. The summed E-state index contributed by atoms with van der Waals surface area (Å²) in [5.41, 5.74) is -1.04. The van der Waals surface area contributed by atoms with Crippen LogP contribution in [0.15, 0.2) is 0 Å². The molecule has 0 bridgehead atoms. The number of rotatable bonds is 23. The monoisotopic (exact) mass is 556 g/mol. The molecule has 0 aromatic rings. The second-order valence-electron chi connectivity index (χ2n) is 14.6. The van der Waals surface area contributed by atoms with Crippen LogP contribution in [0, 0.1) is 5.92 Å². The van der Waals surface area contributed by atoms with E-state index < -0.39 is 0 Å². The second kappa shape index (κ2) is 19.3. The Morgan fingerprint density at radius 1 is 0.692 bits per heavy atom. The van der Waals surface area contributed by atoms with Crippen molar-refractivity contribution in [2.24, 2.45) is 5.92 Å². The summed E-state index contributed by atoms with van der Waals surface area (Å²) in [6.45, 7) is 24.9.